The summed E-state index contributed by atoms with van der Waals surface area (Å²) < 4.78 is 23.9. The van der Waals surface area contributed by atoms with Gasteiger partial charge < -0.3 is 10.2 Å². The predicted molar refractivity (Wildman–Crippen MR) is 60.8 cm³/mol. The second kappa shape index (κ2) is 5.26. The molecule has 2 atom stereocenters. The largest absolute Gasteiger partial charge is 0.480 e. The van der Waals surface area contributed by atoms with Gasteiger partial charge in [-0.3, -0.25) is 4.79 Å². The highest BCUT2D eigenvalue weighted by atomic mass is 32.2. The molecule has 1 rings (SSSR count). The smallest absolute Gasteiger partial charge is 0.324 e. The Morgan fingerprint density at radius 1 is 1.29 bits per heavy atom. The highest BCUT2D eigenvalue weighted by molar-refractivity contribution is 7.88. The van der Waals surface area contributed by atoms with Crippen LogP contribution in [0.5, 0.6) is 0 Å². The zero-order valence-corrected chi connectivity index (χ0v) is 9.89. The first-order valence-electron chi connectivity index (χ1n) is 4.74. The maximum atomic E-state index is 11.0. The van der Waals surface area contributed by atoms with Crippen molar-refractivity contribution in [1.82, 2.24) is 4.72 Å². The Bertz CT molecular complexity index is 485. The lowest BCUT2D eigenvalue weighted by molar-refractivity contribution is -0.141. The van der Waals surface area contributed by atoms with Crippen LogP contribution in [0.1, 0.15) is 11.7 Å². The van der Waals surface area contributed by atoms with E-state index in [1.54, 1.807) is 18.2 Å². The highest BCUT2D eigenvalue weighted by Gasteiger charge is 2.30. The topological polar surface area (TPSA) is 104 Å². The Morgan fingerprint density at radius 3 is 2.24 bits per heavy atom. The lowest BCUT2D eigenvalue weighted by atomic mass is 10.0. The van der Waals surface area contributed by atoms with E-state index in [1.165, 1.54) is 12.1 Å². The minimum Gasteiger partial charge on any atom is -0.480 e. The fourth-order valence-corrected chi connectivity index (χ4v) is 2.01. The van der Waals surface area contributed by atoms with E-state index in [2.05, 4.69) is 0 Å². The van der Waals surface area contributed by atoms with Crippen LogP contribution in [0.25, 0.3) is 0 Å². The van der Waals surface area contributed by atoms with Crippen LogP contribution in [0.4, 0.5) is 0 Å². The molecule has 94 valence electrons. The van der Waals surface area contributed by atoms with E-state index in [-0.39, 0.29) is 0 Å². The summed E-state index contributed by atoms with van der Waals surface area (Å²) in [6, 6.07) is 6.38. The Balaban J connectivity index is 2.97. The summed E-state index contributed by atoms with van der Waals surface area (Å²) in [6.07, 6.45) is -0.607. The number of aliphatic carboxylic acids is 1. The Labute approximate surface area is 99.0 Å². The van der Waals surface area contributed by atoms with Crippen molar-refractivity contribution in [2.75, 3.05) is 6.26 Å². The normalized spacial score (nSPS) is 15.2. The highest BCUT2D eigenvalue weighted by Crippen LogP contribution is 2.17. The fourth-order valence-electron chi connectivity index (χ4n) is 1.32. The van der Waals surface area contributed by atoms with Gasteiger partial charge in [0.25, 0.3) is 0 Å². The molecule has 0 aliphatic heterocycles. The molecule has 0 aliphatic carbocycles. The number of hydrogen-bond donors (Lipinski definition) is 3. The first-order chi connectivity index (χ1) is 7.81. The molecule has 7 heteroatoms. The van der Waals surface area contributed by atoms with Crippen LogP contribution >= 0.6 is 0 Å². The van der Waals surface area contributed by atoms with Crippen molar-refractivity contribution in [3.8, 4) is 0 Å². The minimum absolute atomic E-state index is 0.330. The molecule has 1 aromatic carbocycles. The third kappa shape index (κ3) is 4.14. The first kappa shape index (κ1) is 13.6. The van der Waals surface area contributed by atoms with Gasteiger partial charge in [-0.1, -0.05) is 30.3 Å². The number of carboxylic acid groups (broad SMARTS) is 1. The van der Waals surface area contributed by atoms with Gasteiger partial charge in [0, 0.05) is 0 Å². The zero-order chi connectivity index (χ0) is 13.1. The van der Waals surface area contributed by atoms with E-state index in [0.29, 0.717) is 5.56 Å². The van der Waals surface area contributed by atoms with Gasteiger partial charge in [0.05, 0.1) is 6.26 Å². The molecule has 3 N–H and O–H groups in total. The van der Waals surface area contributed by atoms with Crippen LogP contribution in [0.3, 0.4) is 0 Å². The van der Waals surface area contributed by atoms with Crippen molar-refractivity contribution in [1.29, 1.82) is 0 Å². The molecular formula is C10H13NO5S. The lowest BCUT2D eigenvalue weighted by Gasteiger charge is -2.19. The van der Waals surface area contributed by atoms with E-state index in [0.717, 1.165) is 6.26 Å². The standard InChI is InChI=1S/C10H13NO5S/c1-17(15,16)11-8(10(13)14)9(12)7-5-3-2-4-6-7/h2-6,8-9,11-12H,1H3,(H,13,14). The van der Waals surface area contributed by atoms with Gasteiger partial charge in [0.2, 0.25) is 10.0 Å². The predicted octanol–water partition coefficient (Wildman–Crippen LogP) is -0.278. The number of aliphatic hydroxyl groups excluding tert-OH is 1. The summed E-state index contributed by atoms with van der Waals surface area (Å²) in [6.45, 7) is 0. The molecule has 0 radical (unpaired) electrons. The summed E-state index contributed by atoms with van der Waals surface area (Å²) >= 11 is 0. The van der Waals surface area contributed by atoms with Gasteiger partial charge in [-0.25, -0.2) is 8.42 Å². The van der Waals surface area contributed by atoms with Crippen molar-refractivity contribution in [2.24, 2.45) is 0 Å². The van der Waals surface area contributed by atoms with Gasteiger partial charge in [-0.05, 0) is 5.56 Å². The maximum Gasteiger partial charge on any atom is 0.324 e. The maximum absolute atomic E-state index is 11.0. The first-order valence-corrected chi connectivity index (χ1v) is 6.63. The van der Waals surface area contributed by atoms with E-state index in [4.69, 9.17) is 5.11 Å². The van der Waals surface area contributed by atoms with Gasteiger partial charge in [0.15, 0.2) is 0 Å². The molecule has 0 bridgehead atoms. The molecule has 6 nitrogen and oxygen atoms in total. The second-order valence-corrected chi connectivity index (χ2v) is 5.34. The van der Waals surface area contributed by atoms with Crippen LogP contribution in [0.2, 0.25) is 0 Å². The van der Waals surface area contributed by atoms with E-state index < -0.39 is 28.1 Å². The summed E-state index contributed by atoms with van der Waals surface area (Å²) in [5.74, 6) is -1.44. The fraction of sp³-hybridized carbons (Fsp3) is 0.300. The summed E-state index contributed by atoms with van der Waals surface area (Å²) in [4.78, 5) is 10.9. The van der Waals surface area contributed by atoms with Gasteiger partial charge >= 0.3 is 5.97 Å². The Hall–Kier alpha value is -1.44. The molecule has 0 saturated heterocycles. The van der Waals surface area contributed by atoms with Crippen LogP contribution in [0.15, 0.2) is 30.3 Å². The molecule has 0 fully saturated rings. The molecular weight excluding hydrogens is 246 g/mol. The van der Waals surface area contributed by atoms with Gasteiger partial charge in [-0.2, -0.15) is 4.72 Å². The number of hydrogen-bond acceptors (Lipinski definition) is 4. The van der Waals surface area contributed by atoms with Crippen molar-refractivity contribution < 1.29 is 23.4 Å². The molecule has 0 spiro atoms. The number of carbonyl (C=O) groups is 1. The summed E-state index contributed by atoms with van der Waals surface area (Å²) in [7, 11) is -3.71. The molecule has 0 aliphatic rings. The van der Waals surface area contributed by atoms with E-state index >= 15 is 0 Å². The molecule has 0 aromatic heterocycles. The van der Waals surface area contributed by atoms with Crippen molar-refractivity contribution >= 4 is 16.0 Å². The molecule has 0 heterocycles. The molecule has 1 aromatic rings. The van der Waals surface area contributed by atoms with Gasteiger partial charge in [0.1, 0.15) is 12.1 Å². The third-order valence-corrected chi connectivity index (χ3v) is 2.75. The van der Waals surface area contributed by atoms with E-state index in [1.807, 2.05) is 4.72 Å². The molecule has 17 heavy (non-hydrogen) atoms. The number of rotatable bonds is 5. The Morgan fingerprint density at radius 2 is 1.82 bits per heavy atom. The number of sulfonamides is 1. The van der Waals surface area contributed by atoms with E-state index in [9.17, 15) is 18.3 Å². The van der Waals surface area contributed by atoms with Crippen LogP contribution < -0.4 is 4.72 Å². The SMILES string of the molecule is CS(=O)(=O)NC(C(=O)O)C(O)c1ccccc1. The van der Waals surface area contributed by atoms with Crippen molar-refractivity contribution in [2.45, 2.75) is 12.1 Å². The molecule has 0 amide bonds. The number of carboxylic acids is 1. The van der Waals surface area contributed by atoms with Crippen LogP contribution in [-0.4, -0.2) is 36.9 Å². The lowest BCUT2D eigenvalue weighted by Crippen LogP contribution is -2.44. The van der Waals surface area contributed by atoms with Crippen molar-refractivity contribution in [3.05, 3.63) is 35.9 Å². The average Bonchev–Trinajstić information content (AvgIpc) is 2.25. The minimum atomic E-state index is -3.71. The number of benzene rings is 1. The Kier molecular flexibility index (Phi) is 4.22. The number of nitrogens with one attached hydrogen (secondary N) is 1. The molecule has 2 unspecified atom stereocenters. The quantitative estimate of drug-likeness (QED) is 0.675. The third-order valence-electron chi connectivity index (χ3n) is 2.06. The average molecular weight is 259 g/mol. The van der Waals surface area contributed by atoms with Crippen LogP contribution in [0, 0.1) is 0 Å². The van der Waals surface area contributed by atoms with Gasteiger partial charge in [-0.15, -0.1) is 0 Å². The second-order valence-electron chi connectivity index (χ2n) is 3.56. The monoisotopic (exact) mass is 259 g/mol. The van der Waals surface area contributed by atoms with Crippen LogP contribution in [-0.2, 0) is 14.8 Å². The zero-order valence-electron chi connectivity index (χ0n) is 9.07. The van der Waals surface area contributed by atoms with Crippen molar-refractivity contribution in [3.63, 3.8) is 0 Å². The molecule has 0 saturated carbocycles. The number of aliphatic hydroxyl groups is 1. The summed E-state index contributed by atoms with van der Waals surface area (Å²) in [5, 5.41) is 18.7. The summed E-state index contributed by atoms with van der Waals surface area (Å²) in [5.41, 5.74) is 0.330.